The van der Waals surface area contributed by atoms with Crippen LogP contribution in [-0.4, -0.2) is 23.0 Å². The van der Waals surface area contributed by atoms with Crippen LogP contribution in [0.1, 0.15) is 66.9 Å². The molecule has 0 spiro atoms. The van der Waals surface area contributed by atoms with Crippen molar-refractivity contribution in [2.75, 3.05) is 0 Å². The number of carbonyl (C=O) groups excluding carboxylic acids is 2. The summed E-state index contributed by atoms with van der Waals surface area (Å²) >= 11 is 12.4. The summed E-state index contributed by atoms with van der Waals surface area (Å²) in [7, 11) is 0. The van der Waals surface area contributed by atoms with E-state index in [0.717, 1.165) is 6.42 Å². The predicted octanol–water partition coefficient (Wildman–Crippen LogP) is 6.76. The van der Waals surface area contributed by atoms with Crippen LogP contribution < -0.4 is 4.74 Å². The van der Waals surface area contributed by atoms with E-state index in [4.69, 9.17) is 32.7 Å². The molecule has 0 unspecified atom stereocenters. The molecule has 0 saturated carbocycles. The van der Waals surface area contributed by atoms with E-state index in [2.05, 4.69) is 0 Å². The normalized spacial score (nSPS) is 17.9. The van der Waals surface area contributed by atoms with Crippen LogP contribution in [0.2, 0.25) is 10.0 Å². The van der Waals surface area contributed by atoms with Crippen molar-refractivity contribution in [3.8, 4) is 11.5 Å². The number of ether oxygens (including phenoxy) is 2. The Bertz CT molecular complexity index is 995. The van der Waals surface area contributed by atoms with E-state index in [9.17, 15) is 14.7 Å². The van der Waals surface area contributed by atoms with Gasteiger partial charge in [-0.1, -0.05) is 41.4 Å². The SMILES string of the molecule is C[C@H]1CCCC(=O)CCCC=Cc2cc(OCc3c(Cl)cccc3Cl)cc(O)c2C(=O)O1. The Hall–Kier alpha value is -2.50. The smallest absolute Gasteiger partial charge is 0.342 e. The molecule has 0 bridgehead atoms. The highest BCUT2D eigenvalue weighted by atomic mass is 35.5. The van der Waals surface area contributed by atoms with Gasteiger partial charge in [0.15, 0.2) is 0 Å². The lowest BCUT2D eigenvalue weighted by molar-refractivity contribution is -0.119. The summed E-state index contributed by atoms with van der Waals surface area (Å²) in [6.07, 6.45) is 6.93. The van der Waals surface area contributed by atoms with Gasteiger partial charge in [0.1, 0.15) is 29.5 Å². The fraction of sp³-hybridized carbons (Fsp3) is 0.360. The van der Waals surface area contributed by atoms with Gasteiger partial charge in [0.25, 0.3) is 0 Å². The molecule has 0 aromatic heterocycles. The monoisotopic (exact) mass is 476 g/mol. The number of benzene rings is 2. The van der Waals surface area contributed by atoms with Gasteiger partial charge in [0.05, 0.1) is 6.10 Å². The molecular weight excluding hydrogens is 451 g/mol. The lowest BCUT2D eigenvalue weighted by atomic mass is 10.0. The quantitative estimate of drug-likeness (QED) is 0.495. The van der Waals surface area contributed by atoms with Crippen molar-refractivity contribution in [1.82, 2.24) is 0 Å². The third-order valence-electron chi connectivity index (χ3n) is 5.27. The molecule has 7 heteroatoms. The zero-order chi connectivity index (χ0) is 23.1. The number of phenols is 1. The Morgan fingerprint density at radius 1 is 1.12 bits per heavy atom. The van der Waals surface area contributed by atoms with Crippen molar-refractivity contribution in [2.45, 2.75) is 58.2 Å². The molecule has 32 heavy (non-hydrogen) atoms. The number of fused-ring (bicyclic) bond motifs is 1. The molecule has 5 nitrogen and oxygen atoms in total. The number of ketones is 1. The first-order valence-electron chi connectivity index (χ1n) is 10.7. The number of allylic oxidation sites excluding steroid dienone is 1. The first kappa shape index (κ1) is 24.1. The predicted molar refractivity (Wildman–Crippen MR) is 126 cm³/mol. The van der Waals surface area contributed by atoms with Crippen molar-refractivity contribution in [2.24, 2.45) is 0 Å². The van der Waals surface area contributed by atoms with E-state index in [0.29, 0.717) is 59.0 Å². The highest BCUT2D eigenvalue weighted by molar-refractivity contribution is 6.35. The Kier molecular flexibility index (Phi) is 8.60. The lowest BCUT2D eigenvalue weighted by Gasteiger charge is -2.17. The van der Waals surface area contributed by atoms with E-state index >= 15 is 0 Å². The number of aromatic hydroxyl groups is 1. The third-order valence-corrected chi connectivity index (χ3v) is 5.98. The van der Waals surface area contributed by atoms with Gasteiger partial charge in [-0.15, -0.1) is 0 Å². The largest absolute Gasteiger partial charge is 0.507 e. The van der Waals surface area contributed by atoms with Gasteiger partial charge in [-0.05, 0) is 56.4 Å². The number of halogens is 2. The van der Waals surface area contributed by atoms with Crippen LogP contribution >= 0.6 is 23.2 Å². The van der Waals surface area contributed by atoms with Crippen LogP contribution in [0.15, 0.2) is 36.4 Å². The molecule has 0 aliphatic carbocycles. The van der Waals surface area contributed by atoms with Gasteiger partial charge in [-0.25, -0.2) is 4.79 Å². The van der Waals surface area contributed by atoms with Crippen LogP contribution in [-0.2, 0) is 16.1 Å². The van der Waals surface area contributed by atoms with E-state index in [1.165, 1.54) is 6.07 Å². The van der Waals surface area contributed by atoms with Gasteiger partial charge in [-0.2, -0.15) is 0 Å². The van der Waals surface area contributed by atoms with Crippen LogP contribution in [0.3, 0.4) is 0 Å². The lowest BCUT2D eigenvalue weighted by Crippen LogP contribution is -2.17. The van der Waals surface area contributed by atoms with Gasteiger partial charge in [-0.3, -0.25) is 4.79 Å². The summed E-state index contributed by atoms with van der Waals surface area (Å²) in [4.78, 5) is 24.7. The van der Waals surface area contributed by atoms with Gasteiger partial charge < -0.3 is 14.6 Å². The Balaban J connectivity index is 1.88. The molecule has 2 aromatic rings. The van der Waals surface area contributed by atoms with E-state index in [-0.39, 0.29) is 29.8 Å². The second-order valence-electron chi connectivity index (χ2n) is 7.84. The number of esters is 1. The maximum atomic E-state index is 12.8. The average molecular weight is 477 g/mol. The average Bonchev–Trinajstić information content (AvgIpc) is 2.72. The molecular formula is C25H26Cl2O5. The fourth-order valence-electron chi connectivity index (χ4n) is 3.52. The molecule has 1 aliphatic heterocycles. The molecule has 2 aromatic carbocycles. The fourth-order valence-corrected chi connectivity index (χ4v) is 4.03. The summed E-state index contributed by atoms with van der Waals surface area (Å²) in [6.45, 7) is 1.88. The zero-order valence-electron chi connectivity index (χ0n) is 17.9. The molecule has 1 N–H and O–H groups in total. The number of hydrogen-bond donors (Lipinski definition) is 1. The van der Waals surface area contributed by atoms with Gasteiger partial charge in [0.2, 0.25) is 0 Å². The second-order valence-corrected chi connectivity index (χ2v) is 8.65. The highest BCUT2D eigenvalue weighted by Gasteiger charge is 2.21. The summed E-state index contributed by atoms with van der Waals surface area (Å²) in [6, 6.07) is 8.23. The van der Waals surface area contributed by atoms with Crippen LogP contribution in [0.4, 0.5) is 0 Å². The number of cyclic esters (lactones) is 1. The van der Waals surface area contributed by atoms with E-state index in [1.807, 2.05) is 6.08 Å². The standard InChI is InChI=1S/C25H26Cl2O5/c1-16-7-5-10-18(28)9-4-2-3-8-17-13-19(14-23(29)24(17)25(30)32-16)31-15-20-21(26)11-6-12-22(20)27/h3,6,8,11-14,16,29H,2,4-5,7,9-10,15H2,1H3/t16-/m0/s1. The molecule has 170 valence electrons. The van der Waals surface area contributed by atoms with Crippen molar-refractivity contribution in [3.05, 3.63) is 63.1 Å². The van der Waals surface area contributed by atoms with Crippen LogP contribution in [0.25, 0.3) is 6.08 Å². The maximum Gasteiger partial charge on any atom is 0.342 e. The molecule has 1 heterocycles. The van der Waals surface area contributed by atoms with Gasteiger partial charge in [0, 0.05) is 34.5 Å². The Morgan fingerprint density at radius 2 is 1.84 bits per heavy atom. The van der Waals surface area contributed by atoms with Crippen LogP contribution in [0, 0.1) is 0 Å². The first-order valence-corrected chi connectivity index (χ1v) is 11.4. The van der Waals surface area contributed by atoms with Crippen LogP contribution in [0.5, 0.6) is 11.5 Å². The summed E-state index contributed by atoms with van der Waals surface area (Å²) in [5.74, 6) is -0.259. The summed E-state index contributed by atoms with van der Waals surface area (Å²) in [5, 5.41) is 11.6. The highest BCUT2D eigenvalue weighted by Crippen LogP contribution is 2.32. The second kappa shape index (κ2) is 11.4. The third kappa shape index (κ3) is 6.50. The summed E-state index contributed by atoms with van der Waals surface area (Å²) in [5.41, 5.74) is 1.19. The first-order chi connectivity index (χ1) is 15.3. The number of Topliss-reactive ketones (excluding diaryl/α,β-unsaturated/α-hetero) is 1. The number of rotatable bonds is 3. The van der Waals surface area contributed by atoms with Crippen molar-refractivity contribution in [1.29, 1.82) is 0 Å². The molecule has 0 radical (unpaired) electrons. The minimum Gasteiger partial charge on any atom is -0.507 e. The van der Waals surface area contributed by atoms with Gasteiger partial charge >= 0.3 is 5.97 Å². The van der Waals surface area contributed by atoms with E-state index < -0.39 is 5.97 Å². The van der Waals surface area contributed by atoms with Crippen molar-refractivity contribution in [3.63, 3.8) is 0 Å². The number of hydrogen-bond acceptors (Lipinski definition) is 5. The van der Waals surface area contributed by atoms with Crippen molar-refractivity contribution >= 4 is 41.0 Å². The minimum absolute atomic E-state index is 0.0874. The topological polar surface area (TPSA) is 72.8 Å². The van der Waals surface area contributed by atoms with Crippen molar-refractivity contribution < 1.29 is 24.2 Å². The molecule has 0 fully saturated rings. The molecule has 0 amide bonds. The molecule has 0 saturated heterocycles. The molecule has 3 rings (SSSR count). The number of carbonyl (C=O) groups is 2. The number of phenolic OH excluding ortho intramolecular Hbond substituents is 1. The molecule has 1 aliphatic rings. The molecule has 1 atom stereocenters. The zero-order valence-corrected chi connectivity index (χ0v) is 19.4. The van der Waals surface area contributed by atoms with E-state index in [1.54, 1.807) is 37.3 Å². The Morgan fingerprint density at radius 3 is 2.59 bits per heavy atom. The maximum absolute atomic E-state index is 12.8. The Labute approximate surface area is 197 Å². The minimum atomic E-state index is -0.612. The summed E-state index contributed by atoms with van der Waals surface area (Å²) < 4.78 is 11.3.